The van der Waals surface area contributed by atoms with Gasteiger partial charge < -0.3 is 4.42 Å². The summed E-state index contributed by atoms with van der Waals surface area (Å²) in [6.07, 6.45) is 2.45. The number of thiazole rings is 1. The van der Waals surface area contributed by atoms with E-state index < -0.39 is 11.5 Å². The number of nitrogens with zero attached hydrogens (tertiary/aromatic N) is 1. The summed E-state index contributed by atoms with van der Waals surface area (Å²) in [5.74, 6) is -0.563. The van der Waals surface area contributed by atoms with Gasteiger partial charge in [0.1, 0.15) is 11.1 Å². The second-order valence-electron chi connectivity index (χ2n) is 6.38. The number of hydrogen-bond acceptors (Lipinski definition) is 5. The Morgan fingerprint density at radius 3 is 2.75 bits per heavy atom. The first kappa shape index (κ1) is 18.4. The minimum absolute atomic E-state index is 0.0925. The van der Waals surface area contributed by atoms with Crippen molar-refractivity contribution >= 4 is 44.9 Å². The van der Waals surface area contributed by atoms with Gasteiger partial charge in [-0.1, -0.05) is 41.4 Å². The molecule has 0 unspecified atom stereocenters. The van der Waals surface area contributed by atoms with Crippen LogP contribution in [0, 0.1) is 6.92 Å². The standard InChI is InChI=1S/C21H15ClN2O3S/c1-12-2-4-13(5-3-12)8-16-11-23-21(28-16)24-19(25)17-10-14-9-15(22)6-7-18(14)27-20(17)26/h2-7,9-11H,8H2,1H3,(H,23,24,25). The van der Waals surface area contributed by atoms with Gasteiger partial charge in [0, 0.05) is 27.9 Å². The highest BCUT2D eigenvalue weighted by Crippen LogP contribution is 2.23. The minimum Gasteiger partial charge on any atom is -0.422 e. The molecule has 0 fully saturated rings. The number of amides is 1. The van der Waals surface area contributed by atoms with E-state index >= 15 is 0 Å². The average Bonchev–Trinajstić information content (AvgIpc) is 3.10. The van der Waals surface area contributed by atoms with E-state index in [9.17, 15) is 9.59 Å². The van der Waals surface area contributed by atoms with E-state index in [1.165, 1.54) is 28.5 Å². The van der Waals surface area contributed by atoms with Gasteiger partial charge in [-0.15, -0.1) is 11.3 Å². The normalized spacial score (nSPS) is 10.9. The maximum Gasteiger partial charge on any atom is 0.349 e. The van der Waals surface area contributed by atoms with Crippen LogP contribution in [-0.4, -0.2) is 10.9 Å². The summed E-state index contributed by atoms with van der Waals surface area (Å²) in [6, 6.07) is 14.6. The van der Waals surface area contributed by atoms with E-state index in [-0.39, 0.29) is 5.56 Å². The summed E-state index contributed by atoms with van der Waals surface area (Å²) in [7, 11) is 0. The lowest BCUT2D eigenvalue weighted by Gasteiger charge is -2.03. The third-order valence-electron chi connectivity index (χ3n) is 4.21. The molecule has 0 aliphatic heterocycles. The molecule has 0 saturated heterocycles. The Morgan fingerprint density at radius 2 is 1.96 bits per heavy atom. The van der Waals surface area contributed by atoms with Crippen LogP contribution in [0.25, 0.3) is 11.0 Å². The molecule has 2 aromatic heterocycles. The number of carbonyl (C=O) groups is 1. The smallest absolute Gasteiger partial charge is 0.349 e. The summed E-state index contributed by atoms with van der Waals surface area (Å²) < 4.78 is 5.21. The van der Waals surface area contributed by atoms with Crippen LogP contribution < -0.4 is 10.9 Å². The van der Waals surface area contributed by atoms with Crippen LogP contribution in [-0.2, 0) is 6.42 Å². The van der Waals surface area contributed by atoms with Gasteiger partial charge in [-0.3, -0.25) is 10.1 Å². The SMILES string of the molecule is Cc1ccc(Cc2cnc(NC(=O)c3cc4cc(Cl)ccc4oc3=O)s2)cc1. The van der Waals surface area contributed by atoms with Gasteiger partial charge >= 0.3 is 5.63 Å². The molecule has 4 aromatic rings. The van der Waals surface area contributed by atoms with Gasteiger partial charge in [0.15, 0.2) is 5.13 Å². The molecule has 0 atom stereocenters. The number of benzene rings is 2. The summed E-state index contributed by atoms with van der Waals surface area (Å²) >= 11 is 7.34. The van der Waals surface area contributed by atoms with E-state index in [0.29, 0.717) is 21.1 Å². The Labute approximate surface area is 169 Å². The Morgan fingerprint density at radius 1 is 1.18 bits per heavy atom. The van der Waals surface area contributed by atoms with Crippen molar-refractivity contribution in [2.24, 2.45) is 0 Å². The summed E-state index contributed by atoms with van der Waals surface area (Å²) in [4.78, 5) is 29.9. The number of fused-ring (bicyclic) bond motifs is 1. The molecule has 1 amide bonds. The van der Waals surface area contributed by atoms with E-state index in [1.807, 2.05) is 6.92 Å². The lowest BCUT2D eigenvalue weighted by atomic mass is 10.1. The van der Waals surface area contributed by atoms with Crippen LogP contribution >= 0.6 is 22.9 Å². The summed E-state index contributed by atoms with van der Waals surface area (Å²) in [6.45, 7) is 2.04. The summed E-state index contributed by atoms with van der Waals surface area (Å²) in [5.41, 5.74) is 1.95. The molecule has 1 N–H and O–H groups in total. The van der Waals surface area contributed by atoms with E-state index in [4.69, 9.17) is 16.0 Å². The van der Waals surface area contributed by atoms with Crippen LogP contribution in [0.5, 0.6) is 0 Å². The van der Waals surface area contributed by atoms with E-state index in [2.05, 4.69) is 34.6 Å². The molecule has 7 heteroatoms. The molecule has 0 spiro atoms. The third kappa shape index (κ3) is 3.98. The van der Waals surface area contributed by atoms with Crippen molar-refractivity contribution < 1.29 is 9.21 Å². The number of hydrogen-bond donors (Lipinski definition) is 1. The number of aromatic nitrogens is 1. The number of anilines is 1. The molecule has 0 aliphatic rings. The maximum atomic E-state index is 12.5. The van der Waals surface area contributed by atoms with Crippen molar-refractivity contribution in [1.29, 1.82) is 0 Å². The van der Waals surface area contributed by atoms with Crippen LogP contribution in [0.4, 0.5) is 5.13 Å². The van der Waals surface area contributed by atoms with E-state index in [0.717, 1.165) is 11.3 Å². The number of halogens is 1. The highest BCUT2D eigenvalue weighted by molar-refractivity contribution is 7.15. The molecular weight excluding hydrogens is 396 g/mol. The van der Waals surface area contributed by atoms with Crippen LogP contribution in [0.15, 0.2) is 63.9 Å². The Balaban J connectivity index is 1.53. The Kier molecular flexibility index (Phi) is 4.98. The van der Waals surface area contributed by atoms with Crippen LogP contribution in [0.2, 0.25) is 5.02 Å². The first-order valence-corrected chi connectivity index (χ1v) is 9.72. The maximum absolute atomic E-state index is 12.5. The van der Waals surface area contributed by atoms with Gasteiger partial charge in [-0.25, -0.2) is 9.78 Å². The monoisotopic (exact) mass is 410 g/mol. The second kappa shape index (κ2) is 7.58. The quantitative estimate of drug-likeness (QED) is 0.477. The number of rotatable bonds is 4. The van der Waals surface area contributed by atoms with Crippen molar-refractivity contribution in [1.82, 2.24) is 4.98 Å². The van der Waals surface area contributed by atoms with Crippen molar-refractivity contribution in [3.63, 3.8) is 0 Å². The predicted molar refractivity (Wildman–Crippen MR) is 112 cm³/mol. The van der Waals surface area contributed by atoms with Gasteiger partial charge in [0.05, 0.1) is 0 Å². The minimum atomic E-state index is -0.705. The largest absolute Gasteiger partial charge is 0.422 e. The molecule has 2 aromatic carbocycles. The van der Waals surface area contributed by atoms with Crippen molar-refractivity contribution in [3.05, 3.63) is 91.7 Å². The zero-order chi connectivity index (χ0) is 19.7. The molecule has 140 valence electrons. The average molecular weight is 411 g/mol. The molecule has 0 bridgehead atoms. The fraction of sp³-hybridized carbons (Fsp3) is 0.0952. The third-order valence-corrected chi connectivity index (χ3v) is 5.36. The predicted octanol–water partition coefficient (Wildman–Crippen LogP) is 5.05. The number of nitrogens with one attached hydrogen (secondary N) is 1. The number of carbonyl (C=O) groups excluding carboxylic acids is 1. The molecule has 5 nitrogen and oxygen atoms in total. The zero-order valence-electron chi connectivity index (χ0n) is 14.9. The van der Waals surface area contributed by atoms with Crippen molar-refractivity contribution in [2.45, 2.75) is 13.3 Å². The fourth-order valence-corrected chi connectivity index (χ4v) is 3.79. The van der Waals surface area contributed by atoms with Gasteiger partial charge in [-0.05, 0) is 36.8 Å². The number of aryl methyl sites for hydroxylation is 1. The highest BCUT2D eigenvalue weighted by Gasteiger charge is 2.16. The molecular formula is C21H15ClN2O3S. The van der Waals surface area contributed by atoms with Gasteiger partial charge in [0.25, 0.3) is 5.91 Å². The van der Waals surface area contributed by atoms with Crippen molar-refractivity contribution in [2.75, 3.05) is 5.32 Å². The second-order valence-corrected chi connectivity index (χ2v) is 7.93. The Bertz CT molecular complexity index is 1230. The lowest BCUT2D eigenvalue weighted by molar-refractivity contribution is 0.102. The molecule has 4 rings (SSSR count). The topological polar surface area (TPSA) is 72.2 Å². The molecule has 0 aliphatic carbocycles. The molecule has 0 radical (unpaired) electrons. The van der Waals surface area contributed by atoms with E-state index in [1.54, 1.807) is 24.4 Å². The van der Waals surface area contributed by atoms with Gasteiger partial charge in [0.2, 0.25) is 0 Å². The molecule has 0 saturated carbocycles. The highest BCUT2D eigenvalue weighted by atomic mass is 35.5. The van der Waals surface area contributed by atoms with Crippen LogP contribution in [0.1, 0.15) is 26.4 Å². The fourth-order valence-electron chi connectivity index (χ4n) is 2.77. The Hall–Kier alpha value is -2.96. The van der Waals surface area contributed by atoms with Crippen molar-refractivity contribution in [3.8, 4) is 0 Å². The summed E-state index contributed by atoms with van der Waals surface area (Å²) in [5, 5.41) is 4.17. The van der Waals surface area contributed by atoms with Crippen LogP contribution in [0.3, 0.4) is 0 Å². The first-order chi connectivity index (χ1) is 13.5. The lowest BCUT2D eigenvalue weighted by Crippen LogP contribution is -2.20. The molecule has 2 heterocycles. The first-order valence-electron chi connectivity index (χ1n) is 8.53. The van der Waals surface area contributed by atoms with Gasteiger partial charge in [-0.2, -0.15) is 0 Å². The molecule has 28 heavy (non-hydrogen) atoms. The zero-order valence-corrected chi connectivity index (χ0v) is 16.4.